The number of hydrazone groups is 1. The van der Waals surface area contributed by atoms with Crippen molar-refractivity contribution in [2.24, 2.45) is 5.10 Å². The van der Waals surface area contributed by atoms with Crippen molar-refractivity contribution in [3.8, 4) is 11.5 Å². The molecule has 2 aromatic carbocycles. The number of nitrogens with zero attached hydrogens (tertiary/aromatic N) is 1. The van der Waals surface area contributed by atoms with Gasteiger partial charge >= 0.3 is 11.9 Å². The van der Waals surface area contributed by atoms with Crippen LogP contribution in [-0.4, -0.2) is 37.9 Å². The minimum Gasteiger partial charge on any atom is -0.494 e. The summed E-state index contributed by atoms with van der Waals surface area (Å²) < 4.78 is 22.2. The second-order valence-electron chi connectivity index (χ2n) is 6.22. The number of amides is 1. The first-order valence-electron chi connectivity index (χ1n) is 9.58. The fraction of sp³-hybridized carbons (Fsp3) is 0.227. The molecule has 0 spiro atoms. The first kappa shape index (κ1) is 22.4. The van der Waals surface area contributed by atoms with Crippen LogP contribution in [0.3, 0.4) is 0 Å². The van der Waals surface area contributed by atoms with Crippen molar-refractivity contribution in [3.05, 3.63) is 58.3 Å². The van der Waals surface area contributed by atoms with Crippen molar-refractivity contribution in [1.29, 1.82) is 0 Å². The van der Waals surface area contributed by atoms with Crippen molar-refractivity contribution in [2.45, 2.75) is 13.8 Å². The number of nitrogens with one attached hydrogen (secondary N) is 1. The highest BCUT2D eigenvalue weighted by molar-refractivity contribution is 9.10. The van der Waals surface area contributed by atoms with Gasteiger partial charge in [-0.15, -0.1) is 0 Å². The molecule has 1 amide bonds. The molecule has 0 unspecified atom stereocenters. The van der Waals surface area contributed by atoms with Crippen LogP contribution in [0.2, 0.25) is 0 Å². The van der Waals surface area contributed by atoms with Gasteiger partial charge in [-0.3, -0.25) is 4.79 Å². The molecule has 3 rings (SSSR count). The lowest BCUT2D eigenvalue weighted by molar-refractivity contribution is -0.145. The Morgan fingerprint density at radius 3 is 2.71 bits per heavy atom. The standard InChI is InChI=1S/C22H21BrN2O6/c1-3-28-17-6-8-19-14(10-17)11-20(31-19)22(27)25-24-12-15-9-16(23)5-7-18(15)30-13-21(26)29-4-2/h5-12H,3-4,13H2,1-2H3,(H,25,27)/b24-12+. The third kappa shape index (κ3) is 6.08. The normalized spacial score (nSPS) is 10.9. The van der Waals surface area contributed by atoms with Crippen LogP contribution in [0.25, 0.3) is 11.0 Å². The molecule has 0 bridgehead atoms. The van der Waals surface area contributed by atoms with Gasteiger partial charge in [0.25, 0.3) is 0 Å². The van der Waals surface area contributed by atoms with E-state index >= 15 is 0 Å². The molecule has 0 aliphatic carbocycles. The Labute approximate surface area is 187 Å². The van der Waals surface area contributed by atoms with Crippen LogP contribution in [0.5, 0.6) is 11.5 Å². The summed E-state index contributed by atoms with van der Waals surface area (Å²) in [6.45, 7) is 4.21. The Balaban J connectivity index is 1.68. The summed E-state index contributed by atoms with van der Waals surface area (Å²) in [7, 11) is 0. The van der Waals surface area contributed by atoms with Gasteiger partial charge in [-0.25, -0.2) is 10.2 Å². The molecule has 0 saturated heterocycles. The quantitative estimate of drug-likeness (QED) is 0.273. The summed E-state index contributed by atoms with van der Waals surface area (Å²) in [6, 6.07) is 12.1. The van der Waals surface area contributed by atoms with Crippen LogP contribution in [0, 0.1) is 0 Å². The molecule has 0 saturated carbocycles. The van der Waals surface area contributed by atoms with E-state index in [1.54, 1.807) is 49.4 Å². The van der Waals surface area contributed by atoms with Crippen molar-refractivity contribution >= 4 is 45.0 Å². The van der Waals surface area contributed by atoms with Crippen LogP contribution in [0.15, 0.2) is 56.5 Å². The predicted octanol–water partition coefficient (Wildman–Crippen LogP) is 4.30. The lowest BCUT2D eigenvalue weighted by Crippen LogP contribution is -2.17. The molecule has 0 atom stereocenters. The molecule has 162 valence electrons. The summed E-state index contributed by atoms with van der Waals surface area (Å²) >= 11 is 3.37. The number of carbonyl (C=O) groups is 2. The number of hydrogen-bond acceptors (Lipinski definition) is 7. The topological polar surface area (TPSA) is 99.4 Å². The maximum Gasteiger partial charge on any atom is 0.344 e. The lowest BCUT2D eigenvalue weighted by atomic mass is 10.2. The maximum atomic E-state index is 12.4. The van der Waals surface area contributed by atoms with Gasteiger partial charge in [-0.05, 0) is 56.3 Å². The van der Waals surface area contributed by atoms with Crippen molar-refractivity contribution in [1.82, 2.24) is 5.43 Å². The number of fused-ring (bicyclic) bond motifs is 1. The van der Waals surface area contributed by atoms with E-state index in [0.29, 0.717) is 29.3 Å². The average Bonchev–Trinajstić information content (AvgIpc) is 3.17. The zero-order valence-corrected chi connectivity index (χ0v) is 18.6. The molecule has 9 heteroatoms. The van der Waals surface area contributed by atoms with E-state index in [-0.39, 0.29) is 19.0 Å². The molecular formula is C22H21BrN2O6. The van der Waals surface area contributed by atoms with Crippen LogP contribution in [-0.2, 0) is 9.53 Å². The van der Waals surface area contributed by atoms with E-state index in [2.05, 4.69) is 26.5 Å². The average molecular weight is 489 g/mol. The van der Waals surface area contributed by atoms with Gasteiger partial charge in [0.05, 0.1) is 19.4 Å². The minimum absolute atomic E-state index is 0.119. The van der Waals surface area contributed by atoms with E-state index in [9.17, 15) is 9.59 Å². The third-order valence-corrected chi connectivity index (χ3v) is 4.51. The highest BCUT2D eigenvalue weighted by Gasteiger charge is 2.13. The molecule has 1 heterocycles. The molecule has 1 N–H and O–H groups in total. The number of halogens is 1. The van der Waals surface area contributed by atoms with E-state index < -0.39 is 11.9 Å². The molecule has 31 heavy (non-hydrogen) atoms. The van der Waals surface area contributed by atoms with Crippen molar-refractivity contribution < 1.29 is 28.2 Å². The van der Waals surface area contributed by atoms with E-state index in [1.807, 2.05) is 6.92 Å². The van der Waals surface area contributed by atoms with Crippen LogP contribution >= 0.6 is 15.9 Å². The van der Waals surface area contributed by atoms with Gasteiger partial charge in [0, 0.05) is 15.4 Å². The Morgan fingerprint density at radius 1 is 1.10 bits per heavy atom. The number of esters is 1. The van der Waals surface area contributed by atoms with E-state index in [4.69, 9.17) is 18.6 Å². The SMILES string of the molecule is CCOC(=O)COc1ccc(Br)cc1/C=N/NC(=O)c1cc2cc(OCC)ccc2o1. The number of hydrogen-bond donors (Lipinski definition) is 1. The Morgan fingerprint density at radius 2 is 1.94 bits per heavy atom. The fourth-order valence-corrected chi connectivity index (χ4v) is 3.08. The molecule has 0 radical (unpaired) electrons. The van der Waals surface area contributed by atoms with Gasteiger partial charge in [0.2, 0.25) is 0 Å². The zero-order valence-electron chi connectivity index (χ0n) is 17.0. The monoisotopic (exact) mass is 488 g/mol. The second-order valence-corrected chi connectivity index (χ2v) is 7.13. The molecule has 0 aliphatic rings. The summed E-state index contributed by atoms with van der Waals surface area (Å²) in [5.41, 5.74) is 3.55. The van der Waals surface area contributed by atoms with E-state index in [0.717, 1.165) is 9.86 Å². The first-order valence-corrected chi connectivity index (χ1v) is 10.4. The van der Waals surface area contributed by atoms with Gasteiger partial charge in [-0.2, -0.15) is 5.10 Å². The summed E-state index contributed by atoms with van der Waals surface area (Å²) in [4.78, 5) is 23.9. The number of furan rings is 1. The molecule has 8 nitrogen and oxygen atoms in total. The summed E-state index contributed by atoms with van der Waals surface area (Å²) in [5, 5.41) is 4.73. The number of rotatable bonds is 9. The molecule has 1 aromatic heterocycles. The van der Waals surface area contributed by atoms with E-state index in [1.165, 1.54) is 6.21 Å². The number of carbonyl (C=O) groups excluding carboxylic acids is 2. The first-order chi connectivity index (χ1) is 15.0. The molecule has 0 aliphatic heterocycles. The van der Waals surface area contributed by atoms with Crippen LogP contribution in [0.1, 0.15) is 30.0 Å². The fourth-order valence-electron chi connectivity index (χ4n) is 2.70. The maximum absolute atomic E-state index is 12.4. The second kappa shape index (κ2) is 10.6. The zero-order chi connectivity index (χ0) is 22.2. The number of ether oxygens (including phenoxy) is 3. The van der Waals surface area contributed by atoms with Crippen LogP contribution < -0.4 is 14.9 Å². The Kier molecular flexibility index (Phi) is 7.66. The summed E-state index contributed by atoms with van der Waals surface area (Å²) in [6.07, 6.45) is 1.42. The van der Waals surface area contributed by atoms with Gasteiger partial charge < -0.3 is 18.6 Å². The van der Waals surface area contributed by atoms with Crippen molar-refractivity contribution in [2.75, 3.05) is 19.8 Å². The van der Waals surface area contributed by atoms with Crippen molar-refractivity contribution in [3.63, 3.8) is 0 Å². The Hall–Kier alpha value is -3.33. The smallest absolute Gasteiger partial charge is 0.344 e. The Bertz CT molecular complexity index is 1110. The largest absolute Gasteiger partial charge is 0.494 e. The molecular weight excluding hydrogens is 468 g/mol. The minimum atomic E-state index is -0.505. The van der Waals surface area contributed by atoms with Crippen LogP contribution in [0.4, 0.5) is 0 Å². The highest BCUT2D eigenvalue weighted by Crippen LogP contribution is 2.25. The third-order valence-electron chi connectivity index (χ3n) is 4.01. The lowest BCUT2D eigenvalue weighted by Gasteiger charge is -2.09. The molecule has 3 aromatic rings. The number of benzene rings is 2. The predicted molar refractivity (Wildman–Crippen MR) is 119 cm³/mol. The molecule has 0 fully saturated rings. The summed E-state index contributed by atoms with van der Waals surface area (Å²) in [5.74, 6) is 0.259. The highest BCUT2D eigenvalue weighted by atomic mass is 79.9. The van der Waals surface area contributed by atoms with Gasteiger partial charge in [-0.1, -0.05) is 15.9 Å². The van der Waals surface area contributed by atoms with Gasteiger partial charge in [0.15, 0.2) is 12.4 Å². The van der Waals surface area contributed by atoms with Gasteiger partial charge in [0.1, 0.15) is 17.1 Å².